The second kappa shape index (κ2) is 10.4. The fraction of sp³-hybridized carbons (Fsp3) is 0.0769. The van der Waals surface area contributed by atoms with Crippen molar-refractivity contribution in [2.24, 2.45) is 0 Å². The minimum Gasteiger partial charge on any atom is -0.133 e. The molecule has 0 bridgehead atoms. The van der Waals surface area contributed by atoms with Gasteiger partial charge in [-0.05, 0) is 50.3 Å². The lowest BCUT2D eigenvalue weighted by molar-refractivity contribution is 1.36. The van der Waals surface area contributed by atoms with Gasteiger partial charge in [-0.2, -0.15) is 0 Å². The summed E-state index contributed by atoms with van der Waals surface area (Å²) in [5.74, 6) is 0. The van der Waals surface area contributed by atoms with Crippen molar-refractivity contribution in [1.82, 2.24) is 0 Å². The third-order valence-corrected chi connectivity index (χ3v) is 8.12. The van der Waals surface area contributed by atoms with Gasteiger partial charge in [0.05, 0.1) is 0 Å². The molecule has 0 aromatic heterocycles. The van der Waals surface area contributed by atoms with Crippen molar-refractivity contribution in [3.8, 4) is 0 Å². The predicted octanol–water partition coefficient (Wildman–Crippen LogP) is 8.20. The molecule has 0 unspecified atom stereocenters. The molecule has 0 N–H and O–H groups in total. The second-order valence-electron chi connectivity index (χ2n) is 5.84. The highest BCUT2D eigenvalue weighted by molar-refractivity contribution is 8.40. The summed E-state index contributed by atoms with van der Waals surface area (Å²) >= 11 is 0. The van der Waals surface area contributed by atoms with Crippen molar-refractivity contribution in [1.29, 1.82) is 0 Å². The monoisotopic (exact) mass is 372 g/mol. The van der Waals surface area contributed by atoms with Crippen molar-refractivity contribution in [3.63, 3.8) is 0 Å². The summed E-state index contributed by atoms with van der Waals surface area (Å²) in [5.41, 5.74) is 0. The molecule has 2 rings (SSSR count). The van der Waals surface area contributed by atoms with Gasteiger partial charge in [0.2, 0.25) is 0 Å². The molecule has 0 aliphatic rings. The number of rotatable bonds is 8. The van der Waals surface area contributed by atoms with Crippen molar-refractivity contribution in [2.45, 2.75) is 23.6 Å². The van der Waals surface area contributed by atoms with Crippen LogP contribution < -0.4 is 0 Å². The van der Waals surface area contributed by atoms with Crippen LogP contribution in [0.1, 0.15) is 13.8 Å². The number of benzene rings is 2. The van der Waals surface area contributed by atoms with Crippen molar-refractivity contribution >= 4 is 10.0 Å². The Balaban J connectivity index is 3.04. The third kappa shape index (κ3) is 4.32. The number of hydrogen-bond acceptors (Lipinski definition) is 0. The van der Waals surface area contributed by atoms with E-state index in [9.17, 15) is 0 Å². The zero-order valence-electron chi connectivity index (χ0n) is 16.2. The molecule has 0 fully saturated rings. The maximum Gasteiger partial charge on any atom is 0.00229 e. The molecule has 138 valence electrons. The Morgan fingerprint density at radius 1 is 0.741 bits per heavy atom. The minimum absolute atomic E-state index is 1.20. The molecule has 1 heteroatoms. The maximum absolute atomic E-state index is 4.18. The molecule has 0 heterocycles. The van der Waals surface area contributed by atoms with E-state index in [1.807, 2.05) is 19.1 Å². The van der Waals surface area contributed by atoms with Crippen LogP contribution in [0.15, 0.2) is 142 Å². The summed E-state index contributed by atoms with van der Waals surface area (Å²) in [6, 6.07) is 21.4. The summed E-state index contributed by atoms with van der Waals surface area (Å²) in [6.45, 7) is 12.2. The lowest BCUT2D eigenvalue weighted by Gasteiger charge is -2.43. The molecular weight excluding hydrogens is 344 g/mol. The SMILES string of the molecule is C=C/C=C(\C=C/C)S(/C(C=C)=C/C=C\C)(c1ccccc1)c1ccccc1. The van der Waals surface area contributed by atoms with E-state index in [0.29, 0.717) is 0 Å². The van der Waals surface area contributed by atoms with Gasteiger partial charge in [0.15, 0.2) is 0 Å². The van der Waals surface area contributed by atoms with E-state index in [-0.39, 0.29) is 0 Å². The molecule has 2 aromatic rings. The van der Waals surface area contributed by atoms with Gasteiger partial charge >= 0.3 is 0 Å². The van der Waals surface area contributed by atoms with Crippen molar-refractivity contribution < 1.29 is 0 Å². The topological polar surface area (TPSA) is 0 Å². The standard InChI is InChI=1S/C26H28S/c1-5-9-18-23(8-4)27(24(16-6-2)17-7-3,25-19-12-10-13-20-25)26-21-14-11-15-22-26/h5-22H,2,4H2,1,3H3/b9-5-,17-7-,23-18+,24-16+. The van der Waals surface area contributed by atoms with Crippen LogP contribution in [0, 0.1) is 0 Å². The molecule has 0 spiro atoms. The first-order valence-corrected chi connectivity index (χ1v) is 10.7. The molecule has 0 saturated carbocycles. The van der Waals surface area contributed by atoms with Gasteiger partial charge in [-0.25, -0.2) is 0 Å². The normalized spacial score (nSPS) is 13.9. The number of allylic oxidation sites excluding steroid dienone is 8. The summed E-state index contributed by atoms with van der Waals surface area (Å²) in [7, 11) is -1.69. The van der Waals surface area contributed by atoms with Crippen LogP contribution in [0.4, 0.5) is 0 Å². The fourth-order valence-corrected chi connectivity index (χ4v) is 7.03. The van der Waals surface area contributed by atoms with Crippen LogP contribution in [0.25, 0.3) is 0 Å². The molecule has 0 atom stereocenters. The summed E-state index contributed by atoms with van der Waals surface area (Å²) in [6.07, 6.45) is 16.6. The van der Waals surface area contributed by atoms with E-state index in [1.54, 1.807) is 0 Å². The molecule has 0 nitrogen and oxygen atoms in total. The quantitative estimate of drug-likeness (QED) is 0.410. The average molecular weight is 373 g/mol. The Labute approximate surface area is 166 Å². The Bertz CT molecular complexity index is 825. The lowest BCUT2D eigenvalue weighted by atomic mass is 10.4. The van der Waals surface area contributed by atoms with Crippen LogP contribution in [-0.2, 0) is 0 Å². The van der Waals surface area contributed by atoms with E-state index >= 15 is 0 Å². The highest BCUT2D eigenvalue weighted by Crippen LogP contribution is 2.73. The molecule has 0 aliphatic carbocycles. The van der Waals surface area contributed by atoms with Crippen LogP contribution in [0.5, 0.6) is 0 Å². The predicted molar refractivity (Wildman–Crippen MR) is 123 cm³/mol. The van der Waals surface area contributed by atoms with E-state index in [2.05, 4.69) is 117 Å². The zero-order chi connectivity index (χ0) is 19.5. The van der Waals surface area contributed by atoms with Crippen molar-refractivity contribution in [2.75, 3.05) is 0 Å². The van der Waals surface area contributed by atoms with Gasteiger partial charge in [0.25, 0.3) is 0 Å². The Hall–Kier alpha value is -2.77. The second-order valence-corrected chi connectivity index (χ2v) is 8.95. The molecule has 0 radical (unpaired) electrons. The van der Waals surface area contributed by atoms with E-state index < -0.39 is 10.0 Å². The molecule has 0 saturated heterocycles. The minimum atomic E-state index is -1.69. The highest BCUT2D eigenvalue weighted by Gasteiger charge is 2.34. The van der Waals surface area contributed by atoms with Gasteiger partial charge in [-0.3, -0.25) is 0 Å². The number of hydrogen-bond donors (Lipinski definition) is 0. The van der Waals surface area contributed by atoms with Crippen LogP contribution >= 0.6 is 10.0 Å². The van der Waals surface area contributed by atoms with Crippen LogP contribution in [0.2, 0.25) is 0 Å². The first-order chi connectivity index (χ1) is 13.2. The Morgan fingerprint density at radius 3 is 1.70 bits per heavy atom. The van der Waals surface area contributed by atoms with E-state index in [4.69, 9.17) is 0 Å². The lowest BCUT2D eigenvalue weighted by Crippen LogP contribution is -2.07. The van der Waals surface area contributed by atoms with Gasteiger partial charge in [0, 0.05) is 19.6 Å². The molecule has 0 amide bonds. The summed E-state index contributed by atoms with van der Waals surface area (Å²) < 4.78 is 0. The third-order valence-electron chi connectivity index (χ3n) is 4.17. The van der Waals surface area contributed by atoms with E-state index in [0.717, 1.165) is 0 Å². The molecule has 27 heavy (non-hydrogen) atoms. The Kier molecular flexibility index (Phi) is 7.91. The first kappa shape index (κ1) is 20.5. The zero-order valence-corrected chi connectivity index (χ0v) is 17.0. The van der Waals surface area contributed by atoms with Crippen LogP contribution in [0.3, 0.4) is 0 Å². The average Bonchev–Trinajstić information content (AvgIpc) is 2.72. The first-order valence-electron chi connectivity index (χ1n) is 9.10. The van der Waals surface area contributed by atoms with Crippen molar-refractivity contribution in [3.05, 3.63) is 132 Å². The largest absolute Gasteiger partial charge is 0.133 e. The summed E-state index contributed by atoms with van der Waals surface area (Å²) in [4.78, 5) is 4.98. The molecule has 0 aliphatic heterocycles. The van der Waals surface area contributed by atoms with Gasteiger partial charge in [0.1, 0.15) is 0 Å². The van der Waals surface area contributed by atoms with E-state index in [1.165, 1.54) is 19.6 Å². The van der Waals surface area contributed by atoms with Crippen LogP contribution in [-0.4, -0.2) is 0 Å². The molecule has 2 aromatic carbocycles. The molecular formula is C26H28S. The maximum atomic E-state index is 4.18. The highest BCUT2D eigenvalue weighted by atomic mass is 32.3. The Morgan fingerprint density at radius 2 is 1.30 bits per heavy atom. The summed E-state index contributed by atoms with van der Waals surface area (Å²) in [5, 5.41) is 0. The van der Waals surface area contributed by atoms with Gasteiger partial charge in [-0.15, -0.1) is 10.0 Å². The smallest absolute Gasteiger partial charge is 0.00229 e. The van der Waals surface area contributed by atoms with Gasteiger partial charge in [-0.1, -0.05) is 86.0 Å². The van der Waals surface area contributed by atoms with Gasteiger partial charge < -0.3 is 0 Å². The fourth-order valence-electron chi connectivity index (χ4n) is 3.09.